The van der Waals surface area contributed by atoms with Gasteiger partial charge in [0.15, 0.2) is 0 Å². The largest absolute Gasteiger partial charge is 0.418 e. The molecule has 2 aromatic carbocycles. The number of nitrogens with two attached hydrogens (primary N) is 2. The number of benzene rings is 2. The molecule has 0 aliphatic heterocycles. The highest BCUT2D eigenvalue weighted by Gasteiger charge is 2.33. The summed E-state index contributed by atoms with van der Waals surface area (Å²) in [6.07, 6.45) is -4.58. The Labute approximate surface area is 118 Å². The lowest BCUT2D eigenvalue weighted by Gasteiger charge is -2.12. The van der Waals surface area contributed by atoms with Crippen molar-refractivity contribution in [1.29, 1.82) is 0 Å². The first-order valence-corrected chi connectivity index (χ1v) is 5.91. The van der Waals surface area contributed by atoms with Gasteiger partial charge in [-0.2, -0.15) is 13.2 Å². The number of carbonyl (C=O) groups excluding carboxylic acids is 1. The van der Waals surface area contributed by atoms with E-state index in [1.807, 2.05) is 0 Å². The zero-order valence-corrected chi connectivity index (χ0v) is 10.7. The van der Waals surface area contributed by atoms with Crippen LogP contribution in [0.5, 0.6) is 0 Å². The predicted molar refractivity (Wildman–Crippen MR) is 74.7 cm³/mol. The van der Waals surface area contributed by atoms with E-state index in [1.165, 1.54) is 18.2 Å². The summed E-state index contributed by atoms with van der Waals surface area (Å²) in [6, 6.07) is 9.30. The van der Waals surface area contributed by atoms with Gasteiger partial charge >= 0.3 is 6.18 Å². The molecule has 0 atom stereocenters. The predicted octanol–water partition coefficient (Wildman–Crippen LogP) is 3.12. The molecule has 0 heterocycles. The summed E-state index contributed by atoms with van der Waals surface area (Å²) in [7, 11) is 0. The van der Waals surface area contributed by atoms with Gasteiger partial charge in [-0.3, -0.25) is 4.79 Å². The Hall–Kier alpha value is -2.70. The highest BCUT2D eigenvalue weighted by atomic mass is 19.4. The molecule has 2 rings (SSSR count). The number of amides is 1. The normalized spacial score (nSPS) is 11.2. The van der Waals surface area contributed by atoms with Crippen LogP contribution in [0.25, 0.3) is 0 Å². The third kappa shape index (κ3) is 3.44. The Balaban J connectivity index is 2.26. The zero-order chi connectivity index (χ0) is 15.6. The monoisotopic (exact) mass is 295 g/mol. The van der Waals surface area contributed by atoms with Gasteiger partial charge in [-0.15, -0.1) is 0 Å². The van der Waals surface area contributed by atoms with Crippen LogP contribution in [0.4, 0.5) is 30.2 Å². The first-order chi connectivity index (χ1) is 9.77. The van der Waals surface area contributed by atoms with Crippen molar-refractivity contribution in [1.82, 2.24) is 0 Å². The molecule has 0 fully saturated rings. The topological polar surface area (TPSA) is 81.1 Å². The molecular formula is C14H12F3N3O. The van der Waals surface area contributed by atoms with Crippen LogP contribution in [0.3, 0.4) is 0 Å². The van der Waals surface area contributed by atoms with Crippen molar-refractivity contribution in [2.45, 2.75) is 6.18 Å². The molecule has 21 heavy (non-hydrogen) atoms. The summed E-state index contributed by atoms with van der Waals surface area (Å²) in [5.74, 6) is -0.555. The van der Waals surface area contributed by atoms with Crippen LogP contribution in [-0.2, 0) is 6.18 Å². The lowest BCUT2D eigenvalue weighted by atomic mass is 10.1. The number of carbonyl (C=O) groups is 1. The number of rotatable bonds is 2. The molecule has 0 spiro atoms. The molecule has 0 aliphatic carbocycles. The van der Waals surface area contributed by atoms with E-state index in [0.717, 1.165) is 12.1 Å². The fourth-order valence-corrected chi connectivity index (χ4v) is 1.76. The molecule has 0 saturated heterocycles. The van der Waals surface area contributed by atoms with Crippen molar-refractivity contribution in [3.8, 4) is 0 Å². The molecule has 1 amide bonds. The minimum Gasteiger partial charge on any atom is -0.399 e. The van der Waals surface area contributed by atoms with E-state index in [-0.39, 0.29) is 11.3 Å². The standard InChI is InChI=1S/C14H12F3N3O/c15-14(16,17)11-7-10(4-5-12(11)19)20-13(21)8-2-1-3-9(18)6-8/h1-7H,18-19H2,(H,20,21). The number of nitrogens with one attached hydrogen (secondary N) is 1. The number of halogens is 3. The van der Waals surface area contributed by atoms with Crippen LogP contribution in [-0.4, -0.2) is 5.91 Å². The SMILES string of the molecule is Nc1cccc(C(=O)Nc2ccc(N)c(C(F)(F)F)c2)c1. The third-order valence-electron chi connectivity index (χ3n) is 2.77. The van der Waals surface area contributed by atoms with Gasteiger partial charge < -0.3 is 16.8 Å². The smallest absolute Gasteiger partial charge is 0.399 e. The fraction of sp³-hybridized carbons (Fsp3) is 0.0714. The first-order valence-electron chi connectivity index (χ1n) is 5.91. The number of nitrogen functional groups attached to an aromatic ring is 2. The van der Waals surface area contributed by atoms with Crippen molar-refractivity contribution in [3.05, 3.63) is 53.6 Å². The van der Waals surface area contributed by atoms with Crippen molar-refractivity contribution in [2.24, 2.45) is 0 Å². The summed E-state index contributed by atoms with van der Waals surface area (Å²) >= 11 is 0. The molecule has 0 bridgehead atoms. The Morgan fingerprint density at radius 1 is 1.05 bits per heavy atom. The van der Waals surface area contributed by atoms with Gasteiger partial charge in [0.1, 0.15) is 0 Å². The Morgan fingerprint density at radius 3 is 2.38 bits per heavy atom. The summed E-state index contributed by atoms with van der Waals surface area (Å²) < 4.78 is 38.2. The molecule has 0 aromatic heterocycles. The van der Waals surface area contributed by atoms with E-state index >= 15 is 0 Å². The average Bonchev–Trinajstić information content (AvgIpc) is 2.39. The van der Waals surface area contributed by atoms with Crippen LogP contribution >= 0.6 is 0 Å². The summed E-state index contributed by atoms with van der Waals surface area (Å²) in [4.78, 5) is 11.9. The molecule has 4 nitrogen and oxygen atoms in total. The van der Waals surface area contributed by atoms with Crippen molar-refractivity contribution in [3.63, 3.8) is 0 Å². The van der Waals surface area contributed by atoms with E-state index < -0.39 is 23.3 Å². The van der Waals surface area contributed by atoms with E-state index in [4.69, 9.17) is 11.5 Å². The van der Waals surface area contributed by atoms with Crippen LogP contribution in [0.1, 0.15) is 15.9 Å². The number of alkyl halides is 3. The number of anilines is 3. The molecule has 110 valence electrons. The van der Waals surface area contributed by atoms with Crippen LogP contribution in [0, 0.1) is 0 Å². The molecule has 2 aromatic rings. The van der Waals surface area contributed by atoms with Gasteiger partial charge in [-0.25, -0.2) is 0 Å². The summed E-state index contributed by atoms with van der Waals surface area (Å²) in [5.41, 5.74) is 10.1. The van der Waals surface area contributed by atoms with Gasteiger partial charge in [0.25, 0.3) is 5.91 Å². The molecule has 0 radical (unpaired) electrons. The Morgan fingerprint density at radius 2 is 1.76 bits per heavy atom. The lowest BCUT2D eigenvalue weighted by Crippen LogP contribution is -2.14. The highest BCUT2D eigenvalue weighted by Crippen LogP contribution is 2.35. The molecule has 5 N–H and O–H groups in total. The molecule has 0 unspecified atom stereocenters. The van der Waals surface area contributed by atoms with Gasteiger partial charge in [0, 0.05) is 22.6 Å². The maximum absolute atomic E-state index is 12.7. The summed E-state index contributed by atoms with van der Waals surface area (Å²) in [5, 5.41) is 2.38. The molecular weight excluding hydrogens is 283 g/mol. The highest BCUT2D eigenvalue weighted by molar-refractivity contribution is 6.04. The third-order valence-corrected chi connectivity index (χ3v) is 2.77. The van der Waals surface area contributed by atoms with Crippen molar-refractivity contribution >= 4 is 23.0 Å². The minimum atomic E-state index is -4.58. The number of hydrogen-bond acceptors (Lipinski definition) is 3. The second kappa shape index (κ2) is 5.35. The average molecular weight is 295 g/mol. The van der Waals surface area contributed by atoms with E-state index in [2.05, 4.69) is 5.32 Å². The summed E-state index contributed by atoms with van der Waals surface area (Å²) in [6.45, 7) is 0. The van der Waals surface area contributed by atoms with Crippen LogP contribution in [0.15, 0.2) is 42.5 Å². The zero-order valence-electron chi connectivity index (χ0n) is 10.7. The fourth-order valence-electron chi connectivity index (χ4n) is 1.76. The van der Waals surface area contributed by atoms with Gasteiger partial charge in [0.2, 0.25) is 0 Å². The first kappa shape index (κ1) is 14.7. The Kier molecular flexibility index (Phi) is 3.75. The van der Waals surface area contributed by atoms with E-state index in [1.54, 1.807) is 12.1 Å². The lowest BCUT2D eigenvalue weighted by molar-refractivity contribution is -0.136. The van der Waals surface area contributed by atoms with Gasteiger partial charge in [0.05, 0.1) is 5.56 Å². The van der Waals surface area contributed by atoms with Gasteiger partial charge in [-0.05, 0) is 36.4 Å². The van der Waals surface area contributed by atoms with Gasteiger partial charge in [-0.1, -0.05) is 6.07 Å². The maximum atomic E-state index is 12.7. The van der Waals surface area contributed by atoms with Crippen LogP contribution in [0.2, 0.25) is 0 Å². The molecule has 0 saturated carbocycles. The maximum Gasteiger partial charge on any atom is 0.418 e. The minimum absolute atomic E-state index is 0.00366. The molecule has 7 heteroatoms. The Bertz CT molecular complexity index is 683. The van der Waals surface area contributed by atoms with E-state index in [0.29, 0.717) is 5.69 Å². The number of hydrogen-bond donors (Lipinski definition) is 3. The van der Waals surface area contributed by atoms with E-state index in [9.17, 15) is 18.0 Å². The van der Waals surface area contributed by atoms with Crippen LogP contribution < -0.4 is 16.8 Å². The molecule has 0 aliphatic rings. The second-order valence-corrected chi connectivity index (χ2v) is 4.38. The van der Waals surface area contributed by atoms with Crippen molar-refractivity contribution in [2.75, 3.05) is 16.8 Å². The second-order valence-electron chi connectivity index (χ2n) is 4.38. The van der Waals surface area contributed by atoms with Crippen molar-refractivity contribution < 1.29 is 18.0 Å². The quantitative estimate of drug-likeness (QED) is 0.744.